The van der Waals surface area contributed by atoms with Crippen LogP contribution in [-0.2, 0) is 11.0 Å². The van der Waals surface area contributed by atoms with E-state index in [4.69, 9.17) is 10.00 Å². The summed E-state index contributed by atoms with van der Waals surface area (Å²) in [6.45, 7) is -0.565. The number of nitrogens with zero attached hydrogens (tertiary/aromatic N) is 2. The molecular weight excluding hydrogens is 493 g/mol. The number of alkyl halides is 3. The Morgan fingerprint density at radius 1 is 1.03 bits per heavy atom. The molecule has 0 aliphatic carbocycles. The molecule has 0 saturated heterocycles. The first-order chi connectivity index (χ1) is 17.5. The average Bonchev–Trinajstić information content (AvgIpc) is 3.26. The maximum absolute atomic E-state index is 13.0. The molecule has 4 rings (SSSR count). The first-order valence-electron chi connectivity index (χ1n) is 10.6. The number of carboxylic acid groups (broad SMARTS) is 1. The number of aromatic nitrogens is 1. The number of hydrogen-bond acceptors (Lipinski definition) is 6. The van der Waals surface area contributed by atoms with Crippen LogP contribution in [0.4, 0.5) is 13.2 Å². The monoisotopic (exact) mass is 510 g/mol. The van der Waals surface area contributed by atoms with Crippen LogP contribution in [-0.4, -0.2) is 38.2 Å². The number of aliphatic carboxylic acids is 1. The van der Waals surface area contributed by atoms with Crippen LogP contribution >= 0.6 is 0 Å². The van der Waals surface area contributed by atoms with Crippen LogP contribution in [0.25, 0.3) is 16.6 Å². The van der Waals surface area contributed by atoms with E-state index in [2.05, 4.69) is 0 Å². The largest absolute Gasteiger partial charge is 0.475 e. The fourth-order valence-corrected chi connectivity index (χ4v) is 3.81. The Bertz CT molecular complexity index is 1550. The van der Waals surface area contributed by atoms with Crippen molar-refractivity contribution in [1.82, 2.24) is 4.57 Å². The molecule has 0 saturated carbocycles. The number of halogens is 3. The molecule has 1 unspecified atom stereocenters. The second-order valence-corrected chi connectivity index (χ2v) is 7.93. The third-order valence-corrected chi connectivity index (χ3v) is 5.59. The number of rotatable bonds is 7. The molecule has 37 heavy (non-hydrogen) atoms. The van der Waals surface area contributed by atoms with Gasteiger partial charge in [-0.15, -0.1) is 0 Å². The molecule has 1 atom stereocenters. The number of benzene rings is 3. The molecule has 1 aromatic heterocycles. The third kappa shape index (κ3) is 5.02. The van der Waals surface area contributed by atoms with Crippen molar-refractivity contribution >= 4 is 22.7 Å². The molecular formula is C26H17F3N2O6. The van der Waals surface area contributed by atoms with E-state index >= 15 is 0 Å². The van der Waals surface area contributed by atoms with Crippen LogP contribution in [0.5, 0.6) is 11.5 Å². The van der Waals surface area contributed by atoms with E-state index in [9.17, 15) is 38.1 Å². The number of aliphatic hydroxyl groups excluding tert-OH is 2. The lowest BCUT2D eigenvalue weighted by Crippen LogP contribution is -2.12. The highest BCUT2D eigenvalue weighted by molar-refractivity contribution is 6.42. The number of ether oxygens (including phenoxy) is 1. The van der Waals surface area contributed by atoms with Gasteiger partial charge in [0.1, 0.15) is 17.6 Å². The minimum Gasteiger partial charge on any atom is -0.475 e. The van der Waals surface area contributed by atoms with Gasteiger partial charge in [0.25, 0.3) is 5.78 Å². The van der Waals surface area contributed by atoms with E-state index in [-0.39, 0.29) is 22.4 Å². The summed E-state index contributed by atoms with van der Waals surface area (Å²) in [4.78, 5) is 23.7. The van der Waals surface area contributed by atoms with Gasteiger partial charge in [0.05, 0.1) is 34.9 Å². The van der Waals surface area contributed by atoms with Gasteiger partial charge in [0.15, 0.2) is 0 Å². The Morgan fingerprint density at radius 2 is 1.70 bits per heavy atom. The standard InChI is InChI=1S/C26H17F3N2O6/c27-26(28,29)21-7-6-18(9-15(21)11-30)37-17-4-2-16(3-5-17)31-12-20(24(34)25(35)36)19-10-14(23(33)13-32)1-8-22(19)31/h1-10,12,23,32-33H,13H2,(H,35,36). The summed E-state index contributed by atoms with van der Waals surface area (Å²) in [7, 11) is 0. The maximum Gasteiger partial charge on any atom is 0.417 e. The van der Waals surface area contributed by atoms with E-state index in [0.29, 0.717) is 16.8 Å². The quantitative estimate of drug-likeness (QED) is 0.244. The number of fused-ring (bicyclic) bond motifs is 1. The van der Waals surface area contributed by atoms with Gasteiger partial charge in [-0.1, -0.05) is 6.07 Å². The highest BCUT2D eigenvalue weighted by Gasteiger charge is 2.33. The smallest absolute Gasteiger partial charge is 0.417 e. The first kappa shape index (κ1) is 25.4. The molecule has 4 aromatic rings. The van der Waals surface area contributed by atoms with Crippen LogP contribution in [0.3, 0.4) is 0 Å². The van der Waals surface area contributed by atoms with Crippen molar-refractivity contribution in [2.75, 3.05) is 6.61 Å². The van der Waals surface area contributed by atoms with E-state index in [1.54, 1.807) is 22.8 Å². The lowest BCUT2D eigenvalue weighted by Gasteiger charge is -2.12. The Balaban J connectivity index is 1.69. The summed E-state index contributed by atoms with van der Waals surface area (Å²) >= 11 is 0. The number of carbonyl (C=O) groups excluding carboxylic acids is 1. The molecule has 0 radical (unpaired) electrons. The zero-order valence-corrected chi connectivity index (χ0v) is 18.7. The van der Waals surface area contributed by atoms with Crippen molar-refractivity contribution in [3.63, 3.8) is 0 Å². The van der Waals surface area contributed by atoms with Crippen LogP contribution in [0, 0.1) is 11.3 Å². The lowest BCUT2D eigenvalue weighted by molar-refractivity contribution is -0.137. The zero-order valence-electron chi connectivity index (χ0n) is 18.7. The Kier molecular flexibility index (Phi) is 6.72. The second kappa shape index (κ2) is 9.77. The number of carboxylic acids is 1. The van der Waals surface area contributed by atoms with Crippen LogP contribution in [0.15, 0.2) is 66.9 Å². The van der Waals surface area contributed by atoms with Gasteiger partial charge >= 0.3 is 12.1 Å². The molecule has 188 valence electrons. The van der Waals surface area contributed by atoms with Crippen molar-refractivity contribution < 1.29 is 42.8 Å². The van der Waals surface area contributed by atoms with Crippen molar-refractivity contribution in [1.29, 1.82) is 5.26 Å². The Hall–Kier alpha value is -4.66. The van der Waals surface area contributed by atoms with E-state index in [1.165, 1.54) is 36.5 Å². The van der Waals surface area contributed by atoms with Crippen molar-refractivity contribution in [2.45, 2.75) is 12.3 Å². The molecule has 3 N–H and O–H groups in total. The van der Waals surface area contributed by atoms with E-state index in [0.717, 1.165) is 18.2 Å². The van der Waals surface area contributed by atoms with Crippen LogP contribution in [0.2, 0.25) is 0 Å². The minimum atomic E-state index is -4.68. The molecule has 3 aromatic carbocycles. The average molecular weight is 510 g/mol. The van der Waals surface area contributed by atoms with Gasteiger partial charge in [0.2, 0.25) is 0 Å². The zero-order chi connectivity index (χ0) is 26.9. The van der Waals surface area contributed by atoms with Crippen LogP contribution < -0.4 is 4.74 Å². The van der Waals surface area contributed by atoms with Gasteiger partial charge in [-0.2, -0.15) is 18.4 Å². The summed E-state index contributed by atoms with van der Waals surface area (Å²) < 4.78 is 46.2. The van der Waals surface area contributed by atoms with E-state index in [1.807, 2.05) is 0 Å². The van der Waals surface area contributed by atoms with Crippen LogP contribution in [0.1, 0.15) is 33.2 Å². The Labute approximate surface area is 207 Å². The predicted octanol–water partition coefficient (Wildman–Crippen LogP) is 4.61. The highest BCUT2D eigenvalue weighted by Crippen LogP contribution is 2.35. The van der Waals surface area contributed by atoms with Gasteiger partial charge in [-0.05, 0) is 60.2 Å². The highest BCUT2D eigenvalue weighted by atomic mass is 19.4. The number of ketones is 1. The molecule has 0 aliphatic heterocycles. The molecule has 0 amide bonds. The third-order valence-electron chi connectivity index (χ3n) is 5.59. The number of nitriles is 1. The molecule has 8 nitrogen and oxygen atoms in total. The topological polar surface area (TPSA) is 133 Å². The molecule has 0 spiro atoms. The van der Waals surface area contributed by atoms with Crippen molar-refractivity contribution in [3.05, 3.63) is 89.1 Å². The minimum absolute atomic E-state index is 0.0213. The predicted molar refractivity (Wildman–Crippen MR) is 124 cm³/mol. The number of aliphatic hydroxyl groups is 2. The SMILES string of the molecule is N#Cc1cc(Oc2ccc(-n3cc(C(=O)C(=O)O)c4cc(C(O)CO)ccc43)cc2)ccc1C(F)(F)F. The summed E-state index contributed by atoms with van der Waals surface area (Å²) in [6.07, 6.45) is -4.56. The van der Waals surface area contributed by atoms with Gasteiger partial charge < -0.3 is 24.6 Å². The normalized spacial score (nSPS) is 12.2. The maximum atomic E-state index is 13.0. The summed E-state index contributed by atoms with van der Waals surface area (Å²) in [5.74, 6) is -2.55. The molecule has 1 heterocycles. The second-order valence-electron chi connectivity index (χ2n) is 7.93. The molecule has 0 fully saturated rings. The molecule has 11 heteroatoms. The van der Waals surface area contributed by atoms with Gasteiger partial charge in [-0.25, -0.2) is 4.79 Å². The molecule has 0 bridgehead atoms. The summed E-state index contributed by atoms with van der Waals surface area (Å²) in [6, 6.07) is 15.0. The first-order valence-corrected chi connectivity index (χ1v) is 10.6. The van der Waals surface area contributed by atoms with Gasteiger partial charge in [-0.3, -0.25) is 4.79 Å². The lowest BCUT2D eigenvalue weighted by atomic mass is 10.0. The van der Waals surface area contributed by atoms with Crippen molar-refractivity contribution in [2.24, 2.45) is 0 Å². The number of Topliss-reactive ketones (excluding diaryl/α,β-unsaturated/α-hetero) is 1. The van der Waals surface area contributed by atoms with E-state index < -0.39 is 41.8 Å². The number of carbonyl (C=O) groups is 2. The van der Waals surface area contributed by atoms with Gasteiger partial charge in [0, 0.05) is 17.3 Å². The van der Waals surface area contributed by atoms with Crippen molar-refractivity contribution in [3.8, 4) is 23.3 Å². The summed E-state index contributed by atoms with van der Waals surface area (Å²) in [5.41, 5.74) is -0.524. The summed E-state index contributed by atoms with van der Waals surface area (Å²) in [5, 5.41) is 37.7. The number of hydrogen-bond donors (Lipinski definition) is 3. The Morgan fingerprint density at radius 3 is 2.30 bits per heavy atom. The molecule has 0 aliphatic rings. The fraction of sp³-hybridized carbons (Fsp3) is 0.115. The fourth-order valence-electron chi connectivity index (χ4n) is 3.81.